The van der Waals surface area contributed by atoms with Gasteiger partial charge in [-0.2, -0.15) is 0 Å². The van der Waals surface area contributed by atoms with Gasteiger partial charge in [0.25, 0.3) is 5.91 Å². The number of hydrogen-bond donors (Lipinski definition) is 3. The number of ether oxygens (including phenoxy) is 1. The van der Waals surface area contributed by atoms with Crippen LogP contribution in [0.4, 0.5) is 8.78 Å². The van der Waals surface area contributed by atoms with Crippen LogP contribution in [0.3, 0.4) is 0 Å². The Hall–Kier alpha value is -2.51. The van der Waals surface area contributed by atoms with Gasteiger partial charge in [-0.15, -0.1) is 0 Å². The van der Waals surface area contributed by atoms with Crippen molar-refractivity contribution in [2.24, 2.45) is 0 Å². The molecule has 0 aromatic heterocycles. The Morgan fingerprint density at radius 1 is 1.04 bits per heavy atom. The Kier molecular flexibility index (Phi) is 4.96. The Morgan fingerprint density at radius 3 is 2.44 bits per heavy atom. The van der Waals surface area contributed by atoms with Crippen LogP contribution >= 0.6 is 0 Å². The van der Waals surface area contributed by atoms with E-state index >= 15 is 0 Å². The summed E-state index contributed by atoms with van der Waals surface area (Å²) in [6, 6.07) is 9.65. The molecule has 4 atom stereocenters. The zero-order valence-electron chi connectivity index (χ0n) is 13.1. The van der Waals surface area contributed by atoms with Crippen LogP contribution in [0.1, 0.15) is 16.8 Å². The second-order valence-corrected chi connectivity index (χ2v) is 5.92. The third-order valence-corrected chi connectivity index (χ3v) is 4.14. The molecule has 1 amide bonds. The highest BCUT2D eigenvalue weighted by Gasteiger charge is 2.43. The van der Waals surface area contributed by atoms with Crippen LogP contribution in [-0.2, 0) is 0 Å². The predicted octanol–water partition coefficient (Wildman–Crippen LogP) is 1.64. The highest BCUT2D eigenvalue weighted by Crippen LogP contribution is 2.26. The zero-order chi connectivity index (χ0) is 18.0. The van der Waals surface area contributed by atoms with Crippen LogP contribution in [0.5, 0.6) is 5.75 Å². The van der Waals surface area contributed by atoms with E-state index < -0.39 is 41.9 Å². The van der Waals surface area contributed by atoms with E-state index in [1.807, 2.05) is 0 Å². The van der Waals surface area contributed by atoms with Crippen molar-refractivity contribution in [2.75, 3.05) is 0 Å². The van der Waals surface area contributed by atoms with E-state index in [-0.39, 0.29) is 17.7 Å². The number of aliphatic hydroxyl groups is 2. The molecule has 3 rings (SSSR count). The van der Waals surface area contributed by atoms with Gasteiger partial charge in [-0.05, 0) is 36.4 Å². The van der Waals surface area contributed by atoms with Crippen molar-refractivity contribution in [3.63, 3.8) is 0 Å². The molecule has 1 aliphatic rings. The van der Waals surface area contributed by atoms with Crippen LogP contribution in [0.15, 0.2) is 48.5 Å². The Balaban J connectivity index is 1.65. The van der Waals surface area contributed by atoms with Crippen LogP contribution in [0.2, 0.25) is 0 Å². The lowest BCUT2D eigenvalue weighted by Crippen LogP contribution is -2.43. The van der Waals surface area contributed by atoms with E-state index in [9.17, 15) is 23.8 Å². The fourth-order valence-corrected chi connectivity index (χ4v) is 2.82. The maximum absolute atomic E-state index is 13.2. The quantitative estimate of drug-likeness (QED) is 0.784. The molecular weight excluding hydrogens is 332 g/mol. The number of carbonyl (C=O) groups excluding carboxylic acids is 1. The molecule has 2 aromatic rings. The summed E-state index contributed by atoms with van der Waals surface area (Å²) in [6.07, 6.45) is -3.12. The van der Waals surface area contributed by atoms with Crippen molar-refractivity contribution in [3.05, 3.63) is 65.7 Å². The predicted molar refractivity (Wildman–Crippen MR) is 85.1 cm³/mol. The van der Waals surface area contributed by atoms with Gasteiger partial charge in [-0.3, -0.25) is 4.79 Å². The topological polar surface area (TPSA) is 78.8 Å². The minimum absolute atomic E-state index is 0.145. The van der Waals surface area contributed by atoms with Crippen molar-refractivity contribution in [2.45, 2.75) is 30.8 Å². The molecule has 0 saturated heterocycles. The molecule has 1 fully saturated rings. The summed E-state index contributed by atoms with van der Waals surface area (Å²) in [5, 5.41) is 22.8. The van der Waals surface area contributed by atoms with Crippen molar-refractivity contribution in [3.8, 4) is 5.75 Å². The van der Waals surface area contributed by atoms with Crippen LogP contribution in [-0.4, -0.2) is 40.5 Å². The number of aliphatic hydroxyl groups excluding tert-OH is 2. The van der Waals surface area contributed by atoms with E-state index in [4.69, 9.17) is 4.74 Å². The monoisotopic (exact) mass is 349 g/mol. The SMILES string of the molecule is O=C(N[C@@H]1C[C@@H](Oc2cccc(F)c2)[C@H](O)[C@H]1O)c1ccc(F)cc1. The van der Waals surface area contributed by atoms with Gasteiger partial charge < -0.3 is 20.3 Å². The number of carbonyl (C=O) groups is 1. The summed E-state index contributed by atoms with van der Waals surface area (Å²) in [4.78, 5) is 12.2. The molecular formula is C18H17F2NO4. The summed E-state index contributed by atoms with van der Waals surface area (Å²) in [5.74, 6) is -1.22. The maximum Gasteiger partial charge on any atom is 0.251 e. The van der Waals surface area contributed by atoms with E-state index in [1.165, 1.54) is 36.4 Å². The Bertz CT molecular complexity index is 753. The molecule has 0 bridgehead atoms. The summed E-state index contributed by atoms with van der Waals surface area (Å²) in [7, 11) is 0. The smallest absolute Gasteiger partial charge is 0.251 e. The number of rotatable bonds is 4. The molecule has 0 heterocycles. The maximum atomic E-state index is 13.2. The first kappa shape index (κ1) is 17.3. The molecule has 1 saturated carbocycles. The van der Waals surface area contributed by atoms with E-state index in [1.54, 1.807) is 0 Å². The van der Waals surface area contributed by atoms with Gasteiger partial charge in [0.1, 0.15) is 35.7 Å². The van der Waals surface area contributed by atoms with Crippen LogP contribution < -0.4 is 10.1 Å². The molecule has 0 spiro atoms. The molecule has 0 aliphatic heterocycles. The first-order chi connectivity index (χ1) is 11.9. The zero-order valence-corrected chi connectivity index (χ0v) is 13.1. The molecule has 1 aliphatic carbocycles. The average molecular weight is 349 g/mol. The van der Waals surface area contributed by atoms with Gasteiger partial charge in [-0.25, -0.2) is 8.78 Å². The van der Waals surface area contributed by atoms with Crippen LogP contribution in [0.25, 0.3) is 0 Å². The fraction of sp³-hybridized carbons (Fsp3) is 0.278. The Labute approximate surface area is 142 Å². The van der Waals surface area contributed by atoms with Gasteiger partial charge >= 0.3 is 0 Å². The second-order valence-electron chi connectivity index (χ2n) is 5.92. The average Bonchev–Trinajstić information content (AvgIpc) is 2.83. The van der Waals surface area contributed by atoms with Crippen molar-refractivity contribution in [1.82, 2.24) is 5.32 Å². The van der Waals surface area contributed by atoms with E-state index in [0.29, 0.717) is 0 Å². The molecule has 3 N–H and O–H groups in total. The molecule has 132 valence electrons. The minimum Gasteiger partial charge on any atom is -0.487 e. The largest absolute Gasteiger partial charge is 0.487 e. The van der Waals surface area contributed by atoms with Crippen molar-refractivity contribution >= 4 is 5.91 Å². The lowest BCUT2D eigenvalue weighted by Gasteiger charge is -2.18. The normalized spacial score (nSPS) is 25.6. The highest BCUT2D eigenvalue weighted by molar-refractivity contribution is 5.94. The highest BCUT2D eigenvalue weighted by atomic mass is 19.1. The third-order valence-electron chi connectivity index (χ3n) is 4.14. The number of amides is 1. The first-order valence-corrected chi connectivity index (χ1v) is 7.79. The fourth-order valence-electron chi connectivity index (χ4n) is 2.82. The standard InChI is InChI=1S/C18H17F2NO4/c19-11-6-4-10(5-7-11)18(24)21-14-9-15(17(23)16(14)22)25-13-3-1-2-12(20)8-13/h1-8,14-17,22-23H,9H2,(H,21,24)/t14-,15-,16+,17+/m1/s1. The van der Waals surface area contributed by atoms with Gasteiger partial charge in [0.2, 0.25) is 0 Å². The number of halogens is 2. The second kappa shape index (κ2) is 7.16. The number of benzene rings is 2. The van der Waals surface area contributed by atoms with Crippen molar-refractivity contribution in [1.29, 1.82) is 0 Å². The number of hydrogen-bond acceptors (Lipinski definition) is 4. The summed E-state index contributed by atoms with van der Waals surface area (Å²) in [6.45, 7) is 0. The molecule has 5 nitrogen and oxygen atoms in total. The van der Waals surface area contributed by atoms with Crippen LogP contribution in [0, 0.1) is 11.6 Å². The molecule has 25 heavy (non-hydrogen) atoms. The van der Waals surface area contributed by atoms with E-state index in [2.05, 4.69) is 5.32 Å². The lowest BCUT2D eigenvalue weighted by atomic mass is 10.1. The minimum atomic E-state index is -1.23. The molecule has 2 aromatic carbocycles. The molecule has 0 unspecified atom stereocenters. The van der Waals surface area contributed by atoms with Gasteiger partial charge in [0.05, 0.1) is 6.04 Å². The molecule has 0 radical (unpaired) electrons. The Morgan fingerprint density at radius 2 is 1.76 bits per heavy atom. The third kappa shape index (κ3) is 3.94. The summed E-state index contributed by atoms with van der Waals surface area (Å²) >= 11 is 0. The number of nitrogens with one attached hydrogen (secondary N) is 1. The summed E-state index contributed by atoms with van der Waals surface area (Å²) in [5.41, 5.74) is 0.234. The lowest BCUT2D eigenvalue weighted by molar-refractivity contribution is -0.0135. The van der Waals surface area contributed by atoms with Gasteiger partial charge in [0.15, 0.2) is 0 Å². The first-order valence-electron chi connectivity index (χ1n) is 7.79. The van der Waals surface area contributed by atoms with Gasteiger partial charge in [0, 0.05) is 18.1 Å². The van der Waals surface area contributed by atoms with Crippen molar-refractivity contribution < 1.29 is 28.5 Å². The summed E-state index contributed by atoms with van der Waals surface area (Å²) < 4.78 is 31.6. The van der Waals surface area contributed by atoms with Gasteiger partial charge in [-0.1, -0.05) is 6.07 Å². The van der Waals surface area contributed by atoms with E-state index in [0.717, 1.165) is 12.1 Å². The molecule has 7 heteroatoms.